The number of nitrogens with one attached hydrogen (secondary N) is 1. The van der Waals surface area contributed by atoms with Crippen molar-refractivity contribution in [3.63, 3.8) is 0 Å². The average Bonchev–Trinajstić information content (AvgIpc) is 2.94. The molecule has 1 saturated carbocycles. The van der Waals surface area contributed by atoms with Gasteiger partial charge in [0.25, 0.3) is 0 Å². The standard InChI is InChI=1S/C22H39NO5/c1-2-3-6-9-17(25)12-13-19-18(20(26)16-21(19)27)10-7-4-5-8-11-22(28)23-14-15-24/h4,7,12-13,17-21,24-27H,2-3,5-6,8-11,14-16H2,1H3,(H,23,28)/b7-4-,13-12+/t17-,18+,19+,20-,21+/m0/s1. The molecule has 0 aromatic rings. The van der Waals surface area contributed by atoms with Crippen molar-refractivity contribution in [2.24, 2.45) is 11.8 Å². The minimum Gasteiger partial charge on any atom is -0.395 e. The van der Waals surface area contributed by atoms with Crippen molar-refractivity contribution < 1.29 is 25.2 Å². The fraction of sp³-hybridized carbons (Fsp3) is 0.773. The molecule has 1 aliphatic rings. The Labute approximate surface area is 169 Å². The summed E-state index contributed by atoms with van der Waals surface area (Å²) >= 11 is 0. The number of hydrogen-bond donors (Lipinski definition) is 5. The smallest absolute Gasteiger partial charge is 0.220 e. The molecule has 28 heavy (non-hydrogen) atoms. The van der Waals surface area contributed by atoms with E-state index in [1.54, 1.807) is 6.08 Å². The molecular formula is C22H39NO5. The van der Waals surface area contributed by atoms with Crippen molar-refractivity contribution >= 4 is 5.91 Å². The first kappa shape index (κ1) is 24.8. The topological polar surface area (TPSA) is 110 Å². The highest BCUT2D eigenvalue weighted by Crippen LogP contribution is 2.36. The van der Waals surface area contributed by atoms with E-state index in [9.17, 15) is 20.1 Å². The number of rotatable bonds is 14. The molecule has 5 N–H and O–H groups in total. The Kier molecular flexibility index (Phi) is 13.1. The third-order valence-electron chi connectivity index (χ3n) is 5.36. The predicted molar refractivity (Wildman–Crippen MR) is 111 cm³/mol. The quantitative estimate of drug-likeness (QED) is 0.228. The molecule has 0 aliphatic heterocycles. The van der Waals surface area contributed by atoms with E-state index in [2.05, 4.69) is 12.2 Å². The lowest BCUT2D eigenvalue weighted by Crippen LogP contribution is -2.25. The van der Waals surface area contributed by atoms with Gasteiger partial charge in [0.2, 0.25) is 5.91 Å². The van der Waals surface area contributed by atoms with Crippen molar-refractivity contribution in [3.8, 4) is 0 Å². The zero-order valence-electron chi connectivity index (χ0n) is 17.2. The Bertz CT molecular complexity index is 480. The highest BCUT2D eigenvalue weighted by molar-refractivity contribution is 5.75. The molecule has 1 rings (SSSR count). The highest BCUT2D eigenvalue weighted by Gasteiger charge is 2.39. The second-order valence-electron chi connectivity index (χ2n) is 7.73. The van der Waals surface area contributed by atoms with E-state index in [4.69, 9.17) is 5.11 Å². The summed E-state index contributed by atoms with van der Waals surface area (Å²) in [5, 5.41) is 41.8. The minimum atomic E-state index is -0.581. The number of amides is 1. The first-order chi connectivity index (χ1) is 13.5. The minimum absolute atomic E-state index is 0.0490. The van der Waals surface area contributed by atoms with E-state index < -0.39 is 18.3 Å². The molecule has 0 unspecified atom stereocenters. The molecular weight excluding hydrogens is 358 g/mol. The Morgan fingerprint density at radius 3 is 2.68 bits per heavy atom. The maximum Gasteiger partial charge on any atom is 0.220 e. The first-order valence-electron chi connectivity index (χ1n) is 10.7. The monoisotopic (exact) mass is 397 g/mol. The number of carbonyl (C=O) groups is 1. The molecule has 1 fully saturated rings. The molecule has 1 amide bonds. The maximum atomic E-state index is 11.4. The summed E-state index contributed by atoms with van der Waals surface area (Å²) in [7, 11) is 0. The predicted octanol–water partition coefficient (Wildman–Crippen LogP) is 2.07. The molecule has 0 bridgehead atoms. The molecule has 0 heterocycles. The Morgan fingerprint density at radius 2 is 1.96 bits per heavy atom. The van der Waals surface area contributed by atoms with Gasteiger partial charge in [0.05, 0.1) is 24.9 Å². The van der Waals surface area contributed by atoms with Crippen LogP contribution in [0.15, 0.2) is 24.3 Å². The zero-order chi connectivity index (χ0) is 20.8. The lowest BCUT2D eigenvalue weighted by molar-refractivity contribution is -0.121. The van der Waals surface area contributed by atoms with Crippen molar-refractivity contribution in [1.82, 2.24) is 5.32 Å². The van der Waals surface area contributed by atoms with Crippen molar-refractivity contribution in [1.29, 1.82) is 0 Å². The van der Waals surface area contributed by atoms with Gasteiger partial charge in [-0.15, -0.1) is 0 Å². The first-order valence-corrected chi connectivity index (χ1v) is 10.7. The zero-order valence-corrected chi connectivity index (χ0v) is 17.2. The molecule has 5 atom stereocenters. The molecule has 0 saturated heterocycles. The van der Waals surface area contributed by atoms with Gasteiger partial charge in [-0.1, -0.05) is 50.5 Å². The SMILES string of the molecule is CCCCC[C@H](O)/C=C/[C@@H]1[C@@H](C/C=C\CCCC(=O)NCCO)[C@@H](O)C[C@H]1O. The van der Waals surface area contributed by atoms with Gasteiger partial charge < -0.3 is 25.7 Å². The second kappa shape index (κ2) is 14.7. The summed E-state index contributed by atoms with van der Waals surface area (Å²) in [6, 6.07) is 0. The highest BCUT2D eigenvalue weighted by atomic mass is 16.3. The number of carbonyl (C=O) groups excluding carboxylic acids is 1. The van der Waals surface area contributed by atoms with Gasteiger partial charge in [-0.3, -0.25) is 4.79 Å². The third kappa shape index (κ3) is 9.82. The average molecular weight is 398 g/mol. The van der Waals surface area contributed by atoms with Gasteiger partial charge in [0.1, 0.15) is 0 Å². The van der Waals surface area contributed by atoms with E-state index in [0.717, 1.165) is 38.5 Å². The summed E-state index contributed by atoms with van der Waals surface area (Å²) in [5.74, 6) is -0.262. The largest absolute Gasteiger partial charge is 0.395 e. The molecule has 162 valence electrons. The summed E-state index contributed by atoms with van der Waals surface area (Å²) in [6.45, 7) is 2.37. The lowest BCUT2D eigenvalue weighted by atomic mass is 9.89. The molecule has 1 aliphatic carbocycles. The van der Waals surface area contributed by atoms with Crippen molar-refractivity contribution in [2.75, 3.05) is 13.2 Å². The fourth-order valence-corrected chi connectivity index (χ4v) is 3.70. The Morgan fingerprint density at radius 1 is 1.18 bits per heavy atom. The second-order valence-corrected chi connectivity index (χ2v) is 7.73. The van der Waals surface area contributed by atoms with Crippen molar-refractivity contribution in [3.05, 3.63) is 24.3 Å². The molecule has 0 aromatic carbocycles. The van der Waals surface area contributed by atoms with Crippen LogP contribution in [0.4, 0.5) is 0 Å². The lowest BCUT2D eigenvalue weighted by Gasteiger charge is -2.19. The van der Waals surface area contributed by atoms with Crippen LogP contribution in [0.2, 0.25) is 0 Å². The number of aliphatic hydroxyl groups excluding tert-OH is 4. The summed E-state index contributed by atoms with van der Waals surface area (Å²) in [4.78, 5) is 11.4. The van der Waals surface area contributed by atoms with Gasteiger partial charge in [-0.25, -0.2) is 0 Å². The van der Waals surface area contributed by atoms with Gasteiger partial charge in [-0.2, -0.15) is 0 Å². The summed E-state index contributed by atoms with van der Waals surface area (Å²) in [5.41, 5.74) is 0. The Balaban J connectivity index is 2.39. The van der Waals surface area contributed by atoms with Crippen LogP contribution < -0.4 is 5.32 Å². The van der Waals surface area contributed by atoms with E-state index >= 15 is 0 Å². The van der Waals surface area contributed by atoms with Gasteiger partial charge in [-0.05, 0) is 31.6 Å². The Hall–Kier alpha value is -1.21. The summed E-state index contributed by atoms with van der Waals surface area (Å²) < 4.78 is 0. The van der Waals surface area contributed by atoms with E-state index in [0.29, 0.717) is 25.8 Å². The van der Waals surface area contributed by atoms with E-state index in [1.165, 1.54) is 0 Å². The molecule has 6 nitrogen and oxygen atoms in total. The van der Waals surface area contributed by atoms with Crippen LogP contribution in [0.25, 0.3) is 0 Å². The number of aliphatic hydroxyl groups is 4. The summed E-state index contributed by atoms with van der Waals surface area (Å²) in [6.07, 6.45) is 12.9. The molecule has 6 heteroatoms. The van der Waals surface area contributed by atoms with Crippen LogP contribution in [0.3, 0.4) is 0 Å². The number of allylic oxidation sites excluding steroid dienone is 2. The normalized spacial score (nSPS) is 26.3. The maximum absolute atomic E-state index is 11.4. The molecule has 0 aromatic heterocycles. The number of hydrogen-bond acceptors (Lipinski definition) is 5. The van der Waals surface area contributed by atoms with Crippen LogP contribution in [-0.4, -0.2) is 57.8 Å². The van der Waals surface area contributed by atoms with E-state index in [-0.39, 0.29) is 24.3 Å². The third-order valence-corrected chi connectivity index (χ3v) is 5.36. The molecule has 0 spiro atoms. The number of unbranched alkanes of at least 4 members (excludes halogenated alkanes) is 3. The van der Waals surface area contributed by atoms with Crippen LogP contribution >= 0.6 is 0 Å². The molecule has 0 radical (unpaired) electrons. The van der Waals surface area contributed by atoms with Gasteiger partial charge >= 0.3 is 0 Å². The van der Waals surface area contributed by atoms with Crippen LogP contribution in [-0.2, 0) is 4.79 Å². The van der Waals surface area contributed by atoms with Gasteiger partial charge in [0.15, 0.2) is 0 Å². The van der Waals surface area contributed by atoms with E-state index in [1.807, 2.05) is 18.2 Å². The van der Waals surface area contributed by atoms with Crippen molar-refractivity contribution in [2.45, 2.75) is 83.0 Å². The van der Waals surface area contributed by atoms with Crippen LogP contribution in [0.1, 0.15) is 64.7 Å². The fourth-order valence-electron chi connectivity index (χ4n) is 3.70. The van der Waals surface area contributed by atoms with Crippen LogP contribution in [0.5, 0.6) is 0 Å². The van der Waals surface area contributed by atoms with Gasteiger partial charge in [0, 0.05) is 25.3 Å². The van der Waals surface area contributed by atoms with Crippen LogP contribution in [0, 0.1) is 11.8 Å².